The minimum Gasteiger partial charge on any atom is -0.451 e. The van der Waals surface area contributed by atoms with Crippen LogP contribution in [0, 0.1) is 0 Å². The number of alkyl halides is 5. The van der Waals surface area contributed by atoms with Gasteiger partial charge in [-0.3, -0.25) is 0 Å². The molecule has 0 aromatic heterocycles. The van der Waals surface area contributed by atoms with Crippen molar-refractivity contribution < 1.29 is 41.0 Å². The van der Waals surface area contributed by atoms with E-state index in [1.165, 1.54) is 6.92 Å². The molecule has 1 rings (SSSR count). The first kappa shape index (κ1) is 21.4. The van der Waals surface area contributed by atoms with Gasteiger partial charge in [-0.15, -0.1) is 0 Å². The molecule has 1 aliphatic rings. The van der Waals surface area contributed by atoms with Gasteiger partial charge in [0.2, 0.25) is 5.60 Å². The Morgan fingerprint density at radius 3 is 1.84 bits per heavy atom. The summed E-state index contributed by atoms with van der Waals surface area (Å²) in [6.07, 6.45) is -4.68. The first-order valence-corrected chi connectivity index (χ1v) is 7.73. The van der Waals surface area contributed by atoms with E-state index in [1.54, 1.807) is 0 Å². The van der Waals surface area contributed by atoms with Crippen LogP contribution in [-0.4, -0.2) is 35.2 Å². The Bertz CT molecular complexity index is 544. The molecule has 4 nitrogen and oxygen atoms in total. The lowest BCUT2D eigenvalue weighted by molar-refractivity contribution is -0.327. The van der Waals surface area contributed by atoms with Gasteiger partial charge in [-0.05, 0) is 39.5 Å². The molecular formula is C16H21F5O4. The molecule has 0 N–H and O–H groups in total. The largest absolute Gasteiger partial charge is 0.451 e. The molecule has 0 saturated heterocycles. The summed E-state index contributed by atoms with van der Waals surface area (Å²) in [7, 11) is 0. The van der Waals surface area contributed by atoms with Crippen LogP contribution in [0.1, 0.15) is 52.9 Å². The van der Waals surface area contributed by atoms with Crippen molar-refractivity contribution in [3.8, 4) is 0 Å². The van der Waals surface area contributed by atoms with Gasteiger partial charge < -0.3 is 9.47 Å². The van der Waals surface area contributed by atoms with Crippen LogP contribution in [0.5, 0.6) is 0 Å². The summed E-state index contributed by atoms with van der Waals surface area (Å²) in [6, 6.07) is 0. The average molecular weight is 372 g/mol. The number of esters is 2. The van der Waals surface area contributed by atoms with Crippen LogP contribution in [0.2, 0.25) is 0 Å². The molecule has 0 aromatic carbocycles. The highest BCUT2D eigenvalue weighted by atomic mass is 19.4. The van der Waals surface area contributed by atoms with E-state index in [2.05, 4.69) is 11.3 Å². The standard InChI is InChI=1S/C16H21F5O4/c1-10(2)11(22)24-15(8-6-5-7-9-15)14(4,16(19,20)21)25-12(23)13(3,17)18/h1,5-9H2,2-4H3. The quantitative estimate of drug-likeness (QED) is 0.410. The molecule has 1 atom stereocenters. The maximum atomic E-state index is 13.8. The first-order chi connectivity index (χ1) is 11.2. The summed E-state index contributed by atoms with van der Waals surface area (Å²) < 4.78 is 77.0. The number of hydrogen-bond donors (Lipinski definition) is 0. The lowest BCUT2D eigenvalue weighted by Crippen LogP contribution is -2.66. The highest BCUT2D eigenvalue weighted by Crippen LogP contribution is 2.51. The predicted molar refractivity (Wildman–Crippen MR) is 77.9 cm³/mol. The molecule has 0 aliphatic heterocycles. The van der Waals surface area contributed by atoms with Crippen LogP contribution >= 0.6 is 0 Å². The third kappa shape index (κ3) is 4.30. The van der Waals surface area contributed by atoms with Crippen molar-refractivity contribution in [1.82, 2.24) is 0 Å². The Balaban J connectivity index is 3.42. The van der Waals surface area contributed by atoms with Crippen molar-refractivity contribution in [1.29, 1.82) is 0 Å². The molecule has 9 heteroatoms. The molecule has 144 valence electrons. The van der Waals surface area contributed by atoms with Crippen LogP contribution in [0.15, 0.2) is 12.2 Å². The SMILES string of the molecule is C=C(C)C(=O)OC1(C(C)(OC(=O)C(C)(F)F)C(F)(F)F)CCCCC1. The Labute approximate surface area is 142 Å². The van der Waals surface area contributed by atoms with Crippen molar-refractivity contribution in [2.24, 2.45) is 0 Å². The number of carbonyl (C=O) groups is 2. The van der Waals surface area contributed by atoms with E-state index in [9.17, 15) is 31.5 Å². The van der Waals surface area contributed by atoms with Gasteiger partial charge in [-0.2, -0.15) is 22.0 Å². The van der Waals surface area contributed by atoms with Crippen molar-refractivity contribution >= 4 is 11.9 Å². The lowest BCUT2D eigenvalue weighted by atomic mass is 9.72. The molecule has 1 fully saturated rings. The second kappa shape index (κ2) is 6.92. The van der Waals surface area contributed by atoms with Gasteiger partial charge >= 0.3 is 24.0 Å². The van der Waals surface area contributed by atoms with Gasteiger partial charge in [-0.1, -0.05) is 13.0 Å². The molecule has 0 radical (unpaired) electrons. The molecule has 1 unspecified atom stereocenters. The maximum absolute atomic E-state index is 13.8. The number of halogens is 5. The smallest absolute Gasteiger partial charge is 0.432 e. The van der Waals surface area contributed by atoms with Crippen molar-refractivity contribution in [2.75, 3.05) is 0 Å². The van der Waals surface area contributed by atoms with Crippen molar-refractivity contribution in [3.05, 3.63) is 12.2 Å². The molecule has 0 aromatic rings. The average Bonchev–Trinajstić information content (AvgIpc) is 2.45. The minimum absolute atomic E-state index is 0.138. The van der Waals surface area contributed by atoms with E-state index >= 15 is 0 Å². The minimum atomic E-state index is -5.24. The van der Waals surface area contributed by atoms with E-state index in [-0.39, 0.29) is 38.2 Å². The molecular weight excluding hydrogens is 351 g/mol. The summed E-state index contributed by atoms with van der Waals surface area (Å²) in [5.41, 5.74) is -5.86. The van der Waals surface area contributed by atoms with Crippen molar-refractivity contribution in [3.63, 3.8) is 0 Å². The second-order valence-electron chi connectivity index (χ2n) is 6.53. The Morgan fingerprint density at radius 2 is 1.48 bits per heavy atom. The van der Waals surface area contributed by atoms with Gasteiger partial charge in [0.25, 0.3) is 0 Å². The maximum Gasteiger partial charge on any atom is 0.432 e. The van der Waals surface area contributed by atoms with Crippen LogP contribution in [0.4, 0.5) is 22.0 Å². The Hall–Kier alpha value is -1.67. The fourth-order valence-corrected chi connectivity index (χ4v) is 2.75. The van der Waals surface area contributed by atoms with E-state index in [1.807, 2.05) is 0 Å². The third-order valence-corrected chi connectivity index (χ3v) is 4.36. The van der Waals surface area contributed by atoms with E-state index in [0.717, 1.165) is 0 Å². The zero-order valence-corrected chi connectivity index (χ0v) is 14.3. The normalized spacial score (nSPS) is 20.3. The Morgan fingerprint density at radius 1 is 1.00 bits per heavy atom. The van der Waals surface area contributed by atoms with Gasteiger partial charge in [0.1, 0.15) is 0 Å². The molecule has 25 heavy (non-hydrogen) atoms. The van der Waals surface area contributed by atoms with Gasteiger partial charge in [0.05, 0.1) is 0 Å². The van der Waals surface area contributed by atoms with E-state index < -0.39 is 35.2 Å². The lowest BCUT2D eigenvalue weighted by Gasteiger charge is -2.49. The van der Waals surface area contributed by atoms with Crippen LogP contribution < -0.4 is 0 Å². The first-order valence-electron chi connectivity index (χ1n) is 7.73. The fourth-order valence-electron chi connectivity index (χ4n) is 2.75. The summed E-state index contributed by atoms with van der Waals surface area (Å²) in [4.78, 5) is 23.4. The number of carbonyl (C=O) groups excluding carboxylic acids is 2. The number of rotatable bonds is 5. The summed E-state index contributed by atoms with van der Waals surface area (Å²) in [5, 5.41) is 0. The molecule has 0 heterocycles. The third-order valence-electron chi connectivity index (χ3n) is 4.36. The van der Waals surface area contributed by atoms with E-state index in [0.29, 0.717) is 13.3 Å². The molecule has 1 saturated carbocycles. The fraction of sp³-hybridized carbons (Fsp3) is 0.750. The summed E-state index contributed by atoms with van der Waals surface area (Å²) in [6.45, 7) is 5.16. The molecule has 0 bridgehead atoms. The van der Waals surface area contributed by atoms with Crippen LogP contribution in [-0.2, 0) is 19.1 Å². The zero-order chi connectivity index (χ0) is 19.7. The van der Waals surface area contributed by atoms with Crippen molar-refractivity contribution in [2.45, 2.75) is 76.2 Å². The van der Waals surface area contributed by atoms with Gasteiger partial charge in [-0.25, -0.2) is 9.59 Å². The topological polar surface area (TPSA) is 52.6 Å². The molecule has 0 spiro atoms. The zero-order valence-electron chi connectivity index (χ0n) is 14.3. The van der Waals surface area contributed by atoms with Gasteiger partial charge in [0, 0.05) is 12.5 Å². The highest BCUT2D eigenvalue weighted by Gasteiger charge is 2.70. The Kier molecular flexibility index (Phi) is 5.91. The van der Waals surface area contributed by atoms with E-state index in [4.69, 9.17) is 4.74 Å². The summed E-state index contributed by atoms with van der Waals surface area (Å²) in [5.74, 6) is -7.55. The van der Waals surface area contributed by atoms with Crippen LogP contribution in [0.25, 0.3) is 0 Å². The number of ether oxygens (including phenoxy) is 2. The highest BCUT2D eigenvalue weighted by molar-refractivity contribution is 5.87. The number of hydrogen-bond acceptors (Lipinski definition) is 4. The van der Waals surface area contributed by atoms with Gasteiger partial charge in [0.15, 0.2) is 5.60 Å². The second-order valence-corrected chi connectivity index (χ2v) is 6.53. The molecule has 1 aliphatic carbocycles. The van der Waals surface area contributed by atoms with Crippen LogP contribution in [0.3, 0.4) is 0 Å². The molecule has 0 amide bonds. The predicted octanol–water partition coefficient (Wildman–Crippen LogP) is 4.33. The summed E-state index contributed by atoms with van der Waals surface area (Å²) >= 11 is 0. The monoisotopic (exact) mass is 372 g/mol.